The van der Waals surface area contributed by atoms with Crippen molar-refractivity contribution in [2.45, 2.75) is 0 Å². The third-order valence-corrected chi connectivity index (χ3v) is 12.9. The molecule has 0 amide bonds. The van der Waals surface area contributed by atoms with Gasteiger partial charge in [-0.3, -0.25) is 0 Å². The summed E-state index contributed by atoms with van der Waals surface area (Å²) in [5.41, 5.74) is 15.4. The summed E-state index contributed by atoms with van der Waals surface area (Å²) >= 11 is 1.83. The van der Waals surface area contributed by atoms with Crippen LogP contribution in [0.5, 0.6) is 0 Å². The molecule has 0 radical (unpaired) electrons. The molecule has 0 saturated heterocycles. The Hall–Kier alpha value is -6.11. The van der Waals surface area contributed by atoms with Gasteiger partial charge in [-0.05, 0) is 47.5 Å². The van der Waals surface area contributed by atoms with Crippen molar-refractivity contribution in [2.24, 2.45) is 0 Å². The van der Waals surface area contributed by atoms with Crippen LogP contribution in [0.4, 0.5) is 0 Å². The fraction of sp³-hybridized carbons (Fsp3) is 0. The summed E-state index contributed by atoms with van der Waals surface area (Å²) < 4.78 is 4.80. The second-order valence-electron chi connectivity index (χ2n) is 14.6. The Bertz CT molecular complexity index is 3130. The lowest BCUT2D eigenvalue weighted by atomic mass is 9.60. The van der Waals surface area contributed by atoms with Gasteiger partial charge in [-0.25, -0.2) is 15.0 Å². The molecule has 0 spiro atoms. The highest BCUT2D eigenvalue weighted by Crippen LogP contribution is 2.44. The molecule has 3 aromatic heterocycles. The van der Waals surface area contributed by atoms with Crippen LogP contribution in [-0.4, -0.2) is 58.8 Å². The molecule has 3 heterocycles. The van der Waals surface area contributed by atoms with Gasteiger partial charge in [0.2, 0.25) is 0 Å². The van der Waals surface area contributed by atoms with Crippen LogP contribution in [0.25, 0.3) is 93.0 Å². The second-order valence-corrected chi connectivity index (χ2v) is 15.6. The Morgan fingerprint density at radius 2 is 0.945 bits per heavy atom. The molecule has 0 N–H and O–H groups in total. The number of thiophene rings is 1. The standard InChI is InChI=1S/C45H33B5N4S/c46-36-35(37(47)39(49)40(50)38(36)48)45-52-43(24-11-3-1-4-12-24)51-44(53-45)31-19-10-18-30-29-17-9-16-27(41(29)55-42(30)31)25-21-22-34-32(23-25)28-15-7-8-20-33(28)54(34)26-13-5-2-6-14-26/h1-23H,46-50H2. The SMILES string of the molecule is Bc1c(B)c(B)c(-c2nc(-c3ccccc3)nc(-c3cccc4c3sc3c(-c5ccc6c(c5)c5ccccc5n6-c5ccccc5)cccc34)n2)c(B)c1B. The van der Waals surface area contributed by atoms with Gasteiger partial charge in [0.1, 0.15) is 39.2 Å². The van der Waals surface area contributed by atoms with E-state index >= 15 is 0 Å². The summed E-state index contributed by atoms with van der Waals surface area (Å²) in [5, 5.41) is 4.94. The third kappa shape index (κ3) is 5.31. The van der Waals surface area contributed by atoms with Gasteiger partial charge in [0.25, 0.3) is 0 Å². The topological polar surface area (TPSA) is 43.6 Å². The normalized spacial score (nSPS) is 11.6. The number of fused-ring (bicyclic) bond motifs is 6. The van der Waals surface area contributed by atoms with E-state index in [0.29, 0.717) is 17.5 Å². The smallest absolute Gasteiger partial charge is 0.165 e. The highest BCUT2D eigenvalue weighted by Gasteiger charge is 2.21. The minimum absolute atomic E-state index is 0.678. The van der Waals surface area contributed by atoms with E-state index in [-0.39, 0.29) is 0 Å². The van der Waals surface area contributed by atoms with Crippen LogP contribution in [0.3, 0.4) is 0 Å². The number of rotatable bonds is 5. The molecule has 0 atom stereocenters. The van der Waals surface area contributed by atoms with E-state index in [4.69, 9.17) is 15.0 Å². The van der Waals surface area contributed by atoms with Crippen LogP contribution < -0.4 is 27.3 Å². The van der Waals surface area contributed by atoms with Gasteiger partial charge >= 0.3 is 0 Å². The van der Waals surface area contributed by atoms with Crippen LogP contribution >= 0.6 is 11.3 Å². The van der Waals surface area contributed by atoms with Crippen LogP contribution in [0.1, 0.15) is 0 Å². The molecule has 0 aliphatic heterocycles. The molecule has 10 rings (SSSR count). The van der Waals surface area contributed by atoms with Gasteiger partial charge in [0, 0.05) is 53.3 Å². The maximum absolute atomic E-state index is 5.31. The van der Waals surface area contributed by atoms with E-state index in [2.05, 4.69) is 165 Å². The molecule has 0 bridgehead atoms. The van der Waals surface area contributed by atoms with E-state index in [1.807, 2.05) is 29.5 Å². The molecule has 0 fully saturated rings. The molecular formula is C45H33B5N4S. The van der Waals surface area contributed by atoms with Crippen LogP contribution in [0, 0.1) is 0 Å². The summed E-state index contributed by atoms with van der Waals surface area (Å²) in [6, 6.07) is 49.8. The number of nitrogens with zero attached hydrogens (tertiary/aromatic N) is 4. The number of hydrogen-bond acceptors (Lipinski definition) is 4. The monoisotopic (exact) mass is 716 g/mol. The highest BCUT2D eigenvalue weighted by atomic mass is 32.1. The summed E-state index contributed by atoms with van der Waals surface area (Å²) in [5.74, 6) is 2.08. The van der Waals surface area contributed by atoms with Crippen LogP contribution in [0.2, 0.25) is 0 Å². The fourth-order valence-electron chi connectivity index (χ4n) is 8.38. The zero-order chi connectivity index (χ0) is 37.4. The van der Waals surface area contributed by atoms with Gasteiger partial charge in [-0.2, -0.15) is 0 Å². The van der Waals surface area contributed by atoms with Gasteiger partial charge in [-0.15, -0.1) is 27.7 Å². The lowest BCUT2D eigenvalue weighted by Gasteiger charge is -2.20. The molecule has 7 aromatic carbocycles. The summed E-state index contributed by atoms with van der Waals surface area (Å²) in [6.07, 6.45) is 0. The predicted molar refractivity (Wildman–Crippen MR) is 250 cm³/mol. The Balaban J connectivity index is 1.18. The maximum atomic E-state index is 5.31. The molecule has 55 heavy (non-hydrogen) atoms. The van der Waals surface area contributed by atoms with Gasteiger partial charge in [-0.1, -0.05) is 114 Å². The first kappa shape index (κ1) is 33.5. The largest absolute Gasteiger partial charge is 0.309 e. The number of para-hydroxylation sites is 2. The van der Waals surface area contributed by atoms with Crippen LogP contribution in [0.15, 0.2) is 140 Å². The summed E-state index contributed by atoms with van der Waals surface area (Å²) in [4.78, 5) is 15.7. The highest BCUT2D eigenvalue weighted by molar-refractivity contribution is 7.26. The molecule has 0 aliphatic carbocycles. The third-order valence-electron chi connectivity index (χ3n) is 11.7. The zero-order valence-corrected chi connectivity index (χ0v) is 32.3. The van der Waals surface area contributed by atoms with Gasteiger partial charge in [0.15, 0.2) is 17.5 Å². The second kappa shape index (κ2) is 13.0. The average Bonchev–Trinajstić information content (AvgIpc) is 3.78. The fourth-order valence-corrected chi connectivity index (χ4v) is 9.72. The van der Waals surface area contributed by atoms with Crippen molar-refractivity contribution in [3.05, 3.63) is 140 Å². The molecule has 0 saturated carbocycles. The zero-order valence-electron chi connectivity index (χ0n) is 31.5. The van der Waals surface area contributed by atoms with E-state index < -0.39 is 0 Å². The van der Waals surface area contributed by atoms with Crippen molar-refractivity contribution in [2.75, 3.05) is 0 Å². The van der Waals surface area contributed by atoms with Gasteiger partial charge in [0.05, 0.1) is 11.0 Å². The molecule has 10 aromatic rings. The molecular weight excluding hydrogens is 683 g/mol. The first-order chi connectivity index (χ1) is 26.9. The minimum Gasteiger partial charge on any atom is -0.309 e. The number of aromatic nitrogens is 4. The van der Waals surface area contributed by atoms with E-state index in [9.17, 15) is 0 Å². The van der Waals surface area contributed by atoms with Crippen molar-refractivity contribution in [3.8, 4) is 51.0 Å². The van der Waals surface area contributed by atoms with Crippen molar-refractivity contribution < 1.29 is 0 Å². The summed E-state index contributed by atoms with van der Waals surface area (Å²) in [7, 11) is 11.0. The maximum Gasteiger partial charge on any atom is 0.165 e. The molecule has 10 heteroatoms. The minimum atomic E-state index is 0.678. The lowest BCUT2D eigenvalue weighted by Crippen LogP contribution is -2.55. The lowest BCUT2D eigenvalue weighted by molar-refractivity contribution is 1.08. The summed E-state index contributed by atoms with van der Waals surface area (Å²) in [6.45, 7) is 0. The molecule has 254 valence electrons. The van der Waals surface area contributed by atoms with E-state index in [1.54, 1.807) is 0 Å². The predicted octanol–water partition coefficient (Wildman–Crippen LogP) is 3.30. The quantitative estimate of drug-likeness (QED) is 0.257. The van der Waals surface area contributed by atoms with E-state index in [0.717, 1.165) is 22.4 Å². The van der Waals surface area contributed by atoms with Crippen molar-refractivity contribution >= 4 is 120 Å². The van der Waals surface area contributed by atoms with Gasteiger partial charge < -0.3 is 4.57 Å². The van der Waals surface area contributed by atoms with Crippen molar-refractivity contribution in [1.29, 1.82) is 0 Å². The Kier molecular flexibility index (Phi) is 7.93. The van der Waals surface area contributed by atoms with Crippen LogP contribution in [-0.2, 0) is 0 Å². The molecule has 0 unspecified atom stereocenters. The Morgan fingerprint density at radius 3 is 1.67 bits per heavy atom. The van der Waals surface area contributed by atoms with E-state index in [1.165, 1.54) is 80.4 Å². The van der Waals surface area contributed by atoms with Crippen molar-refractivity contribution in [1.82, 2.24) is 19.5 Å². The molecule has 0 aliphatic rings. The molecule has 4 nitrogen and oxygen atoms in total. The van der Waals surface area contributed by atoms with Crippen molar-refractivity contribution in [3.63, 3.8) is 0 Å². The first-order valence-corrected chi connectivity index (χ1v) is 19.6. The number of benzene rings is 7. The Morgan fingerprint density at radius 1 is 0.400 bits per heavy atom. The number of hydrogen-bond donors (Lipinski definition) is 0. The first-order valence-electron chi connectivity index (χ1n) is 18.8. The average molecular weight is 716 g/mol. The Labute approximate surface area is 328 Å².